The summed E-state index contributed by atoms with van der Waals surface area (Å²) in [5.41, 5.74) is 4.41. The molecule has 2 aromatic rings. The molecule has 2 aromatic carbocycles. The van der Waals surface area contributed by atoms with Crippen LogP contribution in [0.5, 0.6) is 0 Å². The van der Waals surface area contributed by atoms with E-state index in [1.165, 1.54) is 0 Å². The van der Waals surface area contributed by atoms with Crippen molar-refractivity contribution in [3.05, 3.63) is 77.2 Å². The molecule has 0 bridgehead atoms. The fourth-order valence-electron chi connectivity index (χ4n) is 2.08. The molecule has 3 rings (SSSR count). The maximum atomic E-state index is 5.48. The summed E-state index contributed by atoms with van der Waals surface area (Å²) in [6, 6.07) is 16.4. The minimum absolute atomic E-state index is 0.887. The van der Waals surface area contributed by atoms with Crippen LogP contribution in [0.15, 0.2) is 48.5 Å². The predicted molar refractivity (Wildman–Crippen MR) is 69.2 cm³/mol. The molecule has 0 aliphatic heterocycles. The smallest absolute Gasteiger partial charge is 0.126 e. The molecule has 0 unspecified atom stereocenters. The molecule has 0 fully saturated rings. The summed E-state index contributed by atoms with van der Waals surface area (Å²) < 4.78 is 5.48. The van der Waals surface area contributed by atoms with Crippen LogP contribution >= 0.6 is 0 Å². The average Bonchev–Trinajstić information content (AvgIpc) is 2.54. The Morgan fingerprint density at radius 2 is 1.59 bits per heavy atom. The van der Waals surface area contributed by atoms with E-state index in [0.717, 1.165) is 28.0 Å². The van der Waals surface area contributed by atoms with Gasteiger partial charge in [-0.1, -0.05) is 48.5 Å². The summed E-state index contributed by atoms with van der Waals surface area (Å²) in [7, 11) is 1.70. The Kier molecular flexibility index (Phi) is 2.45. The molecule has 17 heavy (non-hydrogen) atoms. The second-order valence-electron chi connectivity index (χ2n) is 3.97. The molecule has 0 aromatic heterocycles. The Morgan fingerprint density at radius 3 is 2.41 bits per heavy atom. The summed E-state index contributed by atoms with van der Waals surface area (Å²) >= 11 is 0. The zero-order valence-electron chi connectivity index (χ0n) is 9.60. The van der Waals surface area contributed by atoms with E-state index in [0.29, 0.717) is 0 Å². The predicted octanol–water partition coefficient (Wildman–Crippen LogP) is 3.62. The van der Waals surface area contributed by atoms with Crippen molar-refractivity contribution in [2.75, 3.05) is 7.11 Å². The maximum absolute atomic E-state index is 5.48. The molecule has 1 aliphatic carbocycles. The summed E-state index contributed by atoms with van der Waals surface area (Å²) in [6.07, 6.45) is 5.50. The van der Waals surface area contributed by atoms with E-state index in [1.807, 2.05) is 24.3 Å². The third-order valence-electron chi connectivity index (χ3n) is 2.93. The molecule has 0 amide bonds. The number of ether oxygens (including phenoxy) is 1. The van der Waals surface area contributed by atoms with E-state index >= 15 is 0 Å². The summed E-state index contributed by atoms with van der Waals surface area (Å²) in [6.45, 7) is 0. The standard InChI is InChI=1S/C16H12O/c1-17-16-11-13-7-3-2-6-12(13)10-14-8-4-5-9-15(14)16/h2-9,11H,1H3. The van der Waals surface area contributed by atoms with Crippen LogP contribution in [-0.4, -0.2) is 7.11 Å². The highest BCUT2D eigenvalue weighted by Gasteiger charge is 2.15. The second kappa shape index (κ2) is 4.10. The van der Waals surface area contributed by atoms with Gasteiger partial charge in [0.15, 0.2) is 0 Å². The van der Waals surface area contributed by atoms with Crippen LogP contribution in [0.3, 0.4) is 0 Å². The lowest BCUT2D eigenvalue weighted by molar-refractivity contribution is 0.372. The first-order valence-electron chi connectivity index (χ1n) is 5.59. The minimum atomic E-state index is 0.887. The van der Waals surface area contributed by atoms with Gasteiger partial charge in [0, 0.05) is 5.56 Å². The summed E-state index contributed by atoms with van der Waals surface area (Å²) in [5.74, 6) is 0.887. The minimum Gasteiger partial charge on any atom is -0.496 e. The van der Waals surface area contributed by atoms with Crippen molar-refractivity contribution in [3.8, 4) is 0 Å². The Morgan fingerprint density at radius 1 is 0.882 bits per heavy atom. The zero-order chi connectivity index (χ0) is 11.7. The van der Waals surface area contributed by atoms with Gasteiger partial charge in [-0.15, -0.1) is 0 Å². The van der Waals surface area contributed by atoms with Crippen LogP contribution in [-0.2, 0) is 4.74 Å². The van der Waals surface area contributed by atoms with Gasteiger partial charge in [-0.3, -0.25) is 0 Å². The van der Waals surface area contributed by atoms with Crippen LogP contribution in [0.4, 0.5) is 0 Å². The number of methoxy groups -OCH3 is 1. The highest BCUT2D eigenvalue weighted by Crippen LogP contribution is 2.31. The van der Waals surface area contributed by atoms with Crippen LogP contribution in [0.25, 0.3) is 11.8 Å². The van der Waals surface area contributed by atoms with Gasteiger partial charge in [-0.25, -0.2) is 0 Å². The Balaban J connectivity index is 2.24. The molecule has 1 aliphatic rings. The number of benzene rings is 2. The van der Waals surface area contributed by atoms with Gasteiger partial charge in [0.2, 0.25) is 0 Å². The van der Waals surface area contributed by atoms with Crippen molar-refractivity contribution in [2.45, 2.75) is 0 Å². The van der Waals surface area contributed by atoms with Gasteiger partial charge in [0.05, 0.1) is 13.5 Å². The average molecular weight is 220 g/mol. The molecule has 0 atom stereocenters. The number of hydrogen-bond donors (Lipinski definition) is 0. The molecule has 1 heteroatoms. The third-order valence-corrected chi connectivity index (χ3v) is 2.93. The van der Waals surface area contributed by atoms with Crippen molar-refractivity contribution < 1.29 is 4.74 Å². The van der Waals surface area contributed by atoms with Crippen molar-refractivity contribution in [1.29, 1.82) is 0 Å². The highest BCUT2D eigenvalue weighted by molar-refractivity contribution is 5.83. The van der Waals surface area contributed by atoms with Gasteiger partial charge >= 0.3 is 0 Å². The summed E-state index contributed by atoms with van der Waals surface area (Å²) in [4.78, 5) is 0. The van der Waals surface area contributed by atoms with E-state index in [2.05, 4.69) is 36.8 Å². The van der Waals surface area contributed by atoms with Gasteiger partial charge in [-0.2, -0.15) is 0 Å². The zero-order valence-corrected chi connectivity index (χ0v) is 9.60. The van der Waals surface area contributed by atoms with E-state index in [9.17, 15) is 0 Å². The van der Waals surface area contributed by atoms with Gasteiger partial charge in [0.1, 0.15) is 5.76 Å². The molecule has 0 spiro atoms. The van der Waals surface area contributed by atoms with E-state index in [-0.39, 0.29) is 0 Å². The van der Waals surface area contributed by atoms with Gasteiger partial charge in [-0.05, 0) is 22.8 Å². The first-order chi connectivity index (χ1) is 8.38. The van der Waals surface area contributed by atoms with Crippen LogP contribution in [0.1, 0.15) is 22.3 Å². The maximum Gasteiger partial charge on any atom is 0.126 e. The number of fused-ring (bicyclic) bond motifs is 2. The molecule has 0 saturated carbocycles. The van der Waals surface area contributed by atoms with Crippen molar-refractivity contribution in [3.63, 3.8) is 0 Å². The number of rotatable bonds is 1. The van der Waals surface area contributed by atoms with Crippen LogP contribution in [0, 0.1) is 6.42 Å². The molecule has 82 valence electrons. The van der Waals surface area contributed by atoms with Crippen LogP contribution < -0.4 is 0 Å². The molecule has 0 heterocycles. The molecular formula is C16H12O. The third kappa shape index (κ3) is 1.74. The molecule has 2 radical (unpaired) electrons. The fourth-order valence-corrected chi connectivity index (χ4v) is 2.08. The first kappa shape index (κ1) is 10.2. The van der Waals surface area contributed by atoms with E-state index in [1.54, 1.807) is 7.11 Å². The highest BCUT2D eigenvalue weighted by atomic mass is 16.5. The topological polar surface area (TPSA) is 9.23 Å². The van der Waals surface area contributed by atoms with E-state index in [4.69, 9.17) is 4.74 Å². The lowest BCUT2D eigenvalue weighted by Crippen LogP contribution is -1.91. The Labute approximate surface area is 101 Å². The van der Waals surface area contributed by atoms with Crippen molar-refractivity contribution >= 4 is 11.8 Å². The molecular weight excluding hydrogens is 208 g/mol. The SMILES string of the molecule is COC1=Cc2ccccc2[C]c2ccccc21. The molecule has 0 saturated heterocycles. The molecule has 0 N–H and O–H groups in total. The van der Waals surface area contributed by atoms with Crippen LogP contribution in [0.2, 0.25) is 0 Å². The second-order valence-corrected chi connectivity index (χ2v) is 3.97. The summed E-state index contributed by atoms with van der Waals surface area (Å²) in [5, 5.41) is 0. The van der Waals surface area contributed by atoms with E-state index < -0.39 is 0 Å². The fraction of sp³-hybridized carbons (Fsp3) is 0.0625. The lowest BCUT2D eigenvalue weighted by Gasteiger charge is -2.08. The van der Waals surface area contributed by atoms with Crippen molar-refractivity contribution in [1.82, 2.24) is 0 Å². The Hall–Kier alpha value is -2.02. The Bertz CT molecular complexity index is 582. The normalized spacial score (nSPS) is 13.1. The first-order valence-corrected chi connectivity index (χ1v) is 5.59. The molecule has 1 nitrogen and oxygen atoms in total. The quantitative estimate of drug-likeness (QED) is 0.713. The number of hydrogen-bond acceptors (Lipinski definition) is 1. The monoisotopic (exact) mass is 220 g/mol. The van der Waals surface area contributed by atoms with Gasteiger partial charge < -0.3 is 4.74 Å². The van der Waals surface area contributed by atoms with Crippen molar-refractivity contribution in [2.24, 2.45) is 0 Å². The van der Waals surface area contributed by atoms with Gasteiger partial charge in [0.25, 0.3) is 0 Å². The largest absolute Gasteiger partial charge is 0.496 e. The lowest BCUT2D eigenvalue weighted by atomic mass is 10.00.